The van der Waals surface area contributed by atoms with Crippen molar-refractivity contribution in [2.24, 2.45) is 0 Å². The molecule has 2 rings (SSSR count). The van der Waals surface area contributed by atoms with Crippen molar-refractivity contribution in [1.82, 2.24) is 0 Å². The number of benzene rings is 2. The first-order valence-electron chi connectivity index (χ1n) is 6.63. The smallest absolute Gasteiger partial charge is 0.159 e. The molecule has 0 aromatic heterocycles. The average molecular weight is 476 g/mol. The second kappa shape index (κ2) is 12.9. The van der Waals surface area contributed by atoms with E-state index in [4.69, 9.17) is 0 Å². The molecule has 0 N–H and O–H groups in total. The molecule has 0 atom stereocenters. The third-order valence-electron chi connectivity index (χ3n) is 2.11. The Balaban J connectivity index is 0.000000365. The summed E-state index contributed by atoms with van der Waals surface area (Å²) in [5, 5.41) is 0. The fourth-order valence-electron chi connectivity index (χ4n) is 1.22. The van der Waals surface area contributed by atoms with Gasteiger partial charge in [0.25, 0.3) is 0 Å². The molecule has 2 aromatic rings. The van der Waals surface area contributed by atoms with E-state index in [0.717, 1.165) is 28.8 Å². The molecule has 0 nitrogen and oxygen atoms in total. The highest BCUT2D eigenvalue weighted by atomic mass is 127. The summed E-state index contributed by atoms with van der Waals surface area (Å²) in [5.41, 5.74) is 0. The molecule has 128 valence electrons. The molecule has 0 bridgehead atoms. The van der Waals surface area contributed by atoms with Crippen LogP contribution in [0.25, 0.3) is 0 Å². The Hall–Kier alpha value is -0.410. The van der Waals surface area contributed by atoms with Crippen LogP contribution in [0, 0.1) is 23.3 Å². The van der Waals surface area contributed by atoms with E-state index in [9.17, 15) is 17.6 Å². The van der Waals surface area contributed by atoms with Crippen LogP contribution in [-0.4, -0.2) is 10.2 Å². The number of hydrogen-bond donors (Lipinski definition) is 1. The van der Waals surface area contributed by atoms with Crippen LogP contribution in [-0.2, 0) is 0 Å². The average Bonchev–Trinajstić information content (AvgIpc) is 2.49. The molecule has 0 aliphatic heterocycles. The monoisotopic (exact) mass is 476 g/mol. The summed E-state index contributed by atoms with van der Waals surface area (Å²) >= 11 is 7.57. The molecule has 2 aromatic carbocycles. The van der Waals surface area contributed by atoms with Gasteiger partial charge in [-0.2, -0.15) is 0 Å². The maximum Gasteiger partial charge on any atom is 0.159 e. The fraction of sp³-hybridized carbons (Fsp3) is 0.250. The molecule has 0 fully saturated rings. The second-order valence-corrected chi connectivity index (χ2v) is 7.25. The summed E-state index contributed by atoms with van der Waals surface area (Å²) in [6.45, 7) is 4.08. The van der Waals surface area contributed by atoms with Crippen LogP contribution in [0.4, 0.5) is 17.6 Å². The van der Waals surface area contributed by atoms with E-state index >= 15 is 0 Å². The molecule has 0 aliphatic rings. The van der Waals surface area contributed by atoms with E-state index in [1.54, 1.807) is 6.07 Å². The van der Waals surface area contributed by atoms with Crippen molar-refractivity contribution in [3.05, 3.63) is 59.7 Å². The first kappa shape index (κ1) is 22.6. The number of thiol groups is 1. The predicted molar refractivity (Wildman–Crippen MR) is 101 cm³/mol. The molecule has 7 heteroatoms. The van der Waals surface area contributed by atoms with Crippen molar-refractivity contribution in [3.63, 3.8) is 0 Å². The fourth-order valence-corrected chi connectivity index (χ4v) is 2.09. The Bertz CT molecular complexity index is 594. The van der Waals surface area contributed by atoms with Crippen molar-refractivity contribution in [1.29, 1.82) is 0 Å². The van der Waals surface area contributed by atoms with E-state index in [1.807, 2.05) is 6.92 Å². The van der Waals surface area contributed by atoms with Gasteiger partial charge in [-0.1, -0.05) is 36.4 Å². The van der Waals surface area contributed by atoms with Gasteiger partial charge in [-0.3, -0.25) is 0 Å². The van der Waals surface area contributed by atoms with Gasteiger partial charge in [0.2, 0.25) is 0 Å². The Morgan fingerprint density at radius 3 is 1.74 bits per heavy atom. The summed E-state index contributed by atoms with van der Waals surface area (Å²) in [7, 11) is 0. The molecular weight excluding hydrogens is 459 g/mol. The van der Waals surface area contributed by atoms with Gasteiger partial charge in [-0.05, 0) is 46.6 Å². The van der Waals surface area contributed by atoms with Crippen molar-refractivity contribution in [3.8, 4) is 0 Å². The summed E-state index contributed by atoms with van der Waals surface area (Å²) in [6.07, 6.45) is 0. The van der Waals surface area contributed by atoms with E-state index in [2.05, 4.69) is 42.1 Å². The molecule has 0 saturated carbocycles. The lowest BCUT2D eigenvalue weighted by atomic mass is 10.3. The normalized spacial score (nSPS) is 9.39. The number of rotatable bonds is 2. The number of thioether (sulfide) groups is 1. The molecule has 0 amide bonds. The lowest BCUT2D eigenvalue weighted by Crippen LogP contribution is -1.83. The lowest BCUT2D eigenvalue weighted by molar-refractivity contribution is 0.506. The maximum absolute atomic E-state index is 12.5. The van der Waals surface area contributed by atoms with Crippen molar-refractivity contribution in [2.75, 3.05) is 10.2 Å². The van der Waals surface area contributed by atoms with Crippen LogP contribution in [0.2, 0.25) is 0 Å². The molecule has 0 saturated heterocycles. The quantitative estimate of drug-likeness (QED) is 0.164. The van der Waals surface area contributed by atoms with Gasteiger partial charge in [0.05, 0.1) is 0 Å². The van der Waals surface area contributed by atoms with E-state index in [1.165, 1.54) is 28.3 Å². The molecule has 0 heterocycles. The predicted octanol–water partition coefficient (Wildman–Crippen LogP) is 6.77. The van der Waals surface area contributed by atoms with Gasteiger partial charge in [-0.25, -0.2) is 17.6 Å². The lowest BCUT2D eigenvalue weighted by Gasteiger charge is -1.97. The minimum atomic E-state index is -0.859. The minimum absolute atomic E-state index is 0.425. The zero-order valence-electron chi connectivity index (χ0n) is 12.6. The molecule has 0 aliphatic carbocycles. The Morgan fingerprint density at radius 1 is 0.870 bits per heavy atom. The second-order valence-electron chi connectivity index (χ2n) is 3.87. The largest absolute Gasteiger partial charge is 0.204 e. The first-order valence-corrected chi connectivity index (χ1v) is 9.59. The van der Waals surface area contributed by atoms with Gasteiger partial charge in [0.15, 0.2) is 23.3 Å². The molecule has 23 heavy (non-hydrogen) atoms. The summed E-state index contributed by atoms with van der Waals surface area (Å²) in [4.78, 5) is 1.19. The molecular formula is C16H17F4IS2. The molecule has 0 unspecified atom stereocenters. The van der Waals surface area contributed by atoms with Gasteiger partial charge in [0.1, 0.15) is 0 Å². The van der Waals surface area contributed by atoms with Crippen LogP contribution in [0.5, 0.6) is 0 Å². The van der Waals surface area contributed by atoms with E-state index in [-0.39, 0.29) is 0 Å². The van der Waals surface area contributed by atoms with Gasteiger partial charge < -0.3 is 0 Å². The topological polar surface area (TPSA) is 0 Å². The number of alkyl halides is 1. The van der Waals surface area contributed by atoms with E-state index < -0.39 is 23.3 Å². The zero-order chi connectivity index (χ0) is 17.8. The van der Waals surface area contributed by atoms with Crippen molar-refractivity contribution >= 4 is 47.0 Å². The van der Waals surface area contributed by atoms with Crippen LogP contribution >= 0.6 is 47.0 Å². The Labute approximate surface area is 157 Å². The van der Waals surface area contributed by atoms with E-state index in [0.29, 0.717) is 4.90 Å². The standard InChI is InChI=1S/C8H8F2S.C6H4F2S.C2H5I/c1-2-11-6-3-4-7(9)8(10)5-6;7-5-2-1-4(9)3-6(5)8;1-2-3/h3-5H,2H2,1H3;1-3,9H;2H2,1H3. The highest BCUT2D eigenvalue weighted by molar-refractivity contribution is 14.1. The molecule has 0 radical (unpaired) electrons. The SMILES string of the molecule is CCI.CCSc1ccc(F)c(F)c1.Fc1ccc(S)cc1F. The Morgan fingerprint density at radius 2 is 1.35 bits per heavy atom. The van der Waals surface area contributed by atoms with Crippen LogP contribution in [0.1, 0.15) is 13.8 Å². The number of halogens is 5. The van der Waals surface area contributed by atoms with Gasteiger partial charge >= 0.3 is 0 Å². The van der Waals surface area contributed by atoms with Crippen LogP contribution in [0.3, 0.4) is 0 Å². The maximum atomic E-state index is 12.5. The molecule has 0 spiro atoms. The van der Waals surface area contributed by atoms with Crippen LogP contribution < -0.4 is 0 Å². The third kappa shape index (κ3) is 10.1. The zero-order valence-corrected chi connectivity index (χ0v) is 16.5. The van der Waals surface area contributed by atoms with Gasteiger partial charge in [-0.15, -0.1) is 24.4 Å². The first-order chi connectivity index (χ1) is 10.8. The minimum Gasteiger partial charge on any atom is -0.204 e. The highest BCUT2D eigenvalue weighted by Gasteiger charge is 2.01. The number of hydrogen-bond acceptors (Lipinski definition) is 2. The summed E-state index contributed by atoms with van der Waals surface area (Å²) in [5.74, 6) is -2.39. The Kier molecular flexibility index (Phi) is 12.7. The van der Waals surface area contributed by atoms with Gasteiger partial charge in [0, 0.05) is 9.79 Å². The van der Waals surface area contributed by atoms with Crippen molar-refractivity contribution in [2.45, 2.75) is 23.6 Å². The summed E-state index contributed by atoms with van der Waals surface area (Å²) in [6, 6.07) is 7.39. The van der Waals surface area contributed by atoms with Crippen LogP contribution in [0.15, 0.2) is 46.2 Å². The summed E-state index contributed by atoms with van der Waals surface area (Å²) < 4.78 is 50.3. The highest BCUT2D eigenvalue weighted by Crippen LogP contribution is 2.19. The third-order valence-corrected chi connectivity index (χ3v) is 3.26. The van der Waals surface area contributed by atoms with Crippen molar-refractivity contribution < 1.29 is 17.6 Å².